The van der Waals surface area contributed by atoms with Crippen LogP contribution in [0, 0.1) is 35.0 Å². The van der Waals surface area contributed by atoms with E-state index >= 15 is 0 Å². The van der Waals surface area contributed by atoms with E-state index < -0.39 is 30.0 Å². The number of aliphatic hydroxyl groups excluding tert-OH is 3. The number of hydrogen-bond donors (Lipinski definition) is 4. The van der Waals surface area contributed by atoms with Gasteiger partial charge in [-0.05, 0) is 87.0 Å². The summed E-state index contributed by atoms with van der Waals surface area (Å²) in [6, 6.07) is 0. The zero-order chi connectivity index (χ0) is 19.2. The van der Waals surface area contributed by atoms with Crippen LogP contribution in [-0.4, -0.2) is 38.6 Å². The Hall–Kier alpha value is -1.07. The molecule has 5 saturated carbocycles. The topological polar surface area (TPSA) is 98.0 Å². The molecule has 152 valence electrons. The zero-order valence-corrected chi connectivity index (χ0v) is 16.1. The summed E-state index contributed by atoms with van der Waals surface area (Å²) in [5.41, 5.74) is 0.535. The second kappa shape index (κ2) is 7.40. The van der Waals surface area contributed by atoms with Gasteiger partial charge in [-0.15, -0.1) is 0 Å². The van der Waals surface area contributed by atoms with E-state index in [9.17, 15) is 20.1 Å². The van der Waals surface area contributed by atoms with Gasteiger partial charge in [0.1, 0.15) is 0 Å². The summed E-state index contributed by atoms with van der Waals surface area (Å²) in [5.74, 6) is 0.641. The van der Waals surface area contributed by atoms with E-state index in [2.05, 4.69) is 0 Å². The molecular weight excluding hydrogens is 344 g/mol. The largest absolute Gasteiger partial charge is 0.512 e. The third-order valence-electron chi connectivity index (χ3n) is 8.03. The molecule has 0 aliphatic heterocycles. The third-order valence-corrected chi connectivity index (χ3v) is 8.03. The average Bonchev–Trinajstić information content (AvgIpc) is 2.83. The Morgan fingerprint density at radius 3 is 2.07 bits per heavy atom. The minimum absolute atomic E-state index is 0.0656. The van der Waals surface area contributed by atoms with Gasteiger partial charge in [-0.25, -0.2) is 0 Å². The second-order valence-corrected chi connectivity index (χ2v) is 10.1. The highest BCUT2D eigenvalue weighted by atomic mass is 16.4. The first-order valence-corrected chi connectivity index (χ1v) is 10.8. The van der Waals surface area contributed by atoms with Gasteiger partial charge < -0.3 is 20.4 Å². The van der Waals surface area contributed by atoms with E-state index in [0.29, 0.717) is 5.41 Å². The highest BCUT2D eigenvalue weighted by Crippen LogP contribution is 2.61. The van der Waals surface area contributed by atoms with Crippen molar-refractivity contribution < 1.29 is 25.2 Å². The smallest absolute Gasteiger partial charge is 0.303 e. The van der Waals surface area contributed by atoms with Crippen molar-refractivity contribution >= 4 is 5.97 Å². The molecule has 5 aliphatic carbocycles. The molecular formula is C22H34O5. The number of aliphatic carboxylic acids is 1. The summed E-state index contributed by atoms with van der Waals surface area (Å²) in [7, 11) is 0. The maximum absolute atomic E-state index is 11.0. The molecule has 0 radical (unpaired) electrons. The van der Waals surface area contributed by atoms with E-state index in [4.69, 9.17) is 5.11 Å². The van der Waals surface area contributed by atoms with Gasteiger partial charge in [0, 0.05) is 18.3 Å². The Bertz CT molecular complexity index is 562. The first kappa shape index (κ1) is 19.3. The fraction of sp³-hybridized carbons (Fsp3) is 0.864. The monoisotopic (exact) mass is 378 g/mol. The lowest BCUT2D eigenvalue weighted by molar-refractivity contribution is -0.139. The summed E-state index contributed by atoms with van der Waals surface area (Å²) in [5, 5.41) is 39.7. The SMILES string of the molecule is O=C(O)C[C@@H]1[C@@H](C(O)=CCCCC23CC4CC(CC(C4)C2)C3)[C@H](O)C[C@@H]1O. The number of unbranched alkanes of at least 4 members (excludes halogenated alkanes) is 1. The Kier molecular flexibility index (Phi) is 5.28. The van der Waals surface area contributed by atoms with Crippen molar-refractivity contribution in [2.75, 3.05) is 0 Å². The van der Waals surface area contributed by atoms with Crippen LogP contribution in [0.25, 0.3) is 0 Å². The maximum atomic E-state index is 11.0. The van der Waals surface area contributed by atoms with E-state index in [-0.39, 0.29) is 18.6 Å². The Morgan fingerprint density at radius 2 is 1.52 bits per heavy atom. The van der Waals surface area contributed by atoms with Crippen LogP contribution in [0.4, 0.5) is 0 Å². The lowest BCUT2D eigenvalue weighted by atomic mass is 9.48. The Morgan fingerprint density at radius 1 is 0.926 bits per heavy atom. The van der Waals surface area contributed by atoms with Crippen LogP contribution in [-0.2, 0) is 4.79 Å². The molecule has 5 heteroatoms. The van der Waals surface area contributed by atoms with Crippen molar-refractivity contribution in [1.29, 1.82) is 0 Å². The first-order valence-electron chi connectivity index (χ1n) is 10.8. The lowest BCUT2D eigenvalue weighted by Gasteiger charge is -2.57. The molecule has 0 aromatic heterocycles. The fourth-order valence-electron chi connectivity index (χ4n) is 7.43. The number of aliphatic hydroxyl groups is 3. The molecule has 5 rings (SSSR count). The van der Waals surface area contributed by atoms with Gasteiger partial charge in [0.2, 0.25) is 0 Å². The van der Waals surface area contributed by atoms with E-state index in [0.717, 1.165) is 30.6 Å². The molecule has 4 N–H and O–H groups in total. The standard InChI is InChI=1S/C22H34O5/c23-17(21-16(8-20(26)27)18(24)9-19(21)25)3-1-2-4-22-10-13-5-14(11-22)7-15(6-13)12-22/h3,13-16,18-19,21,23-25H,1-2,4-12H2,(H,26,27)/t13?,14?,15?,16-,18-,19+,21-,22?/m0/s1. The molecule has 27 heavy (non-hydrogen) atoms. The number of allylic oxidation sites excluding steroid dienone is 1. The van der Waals surface area contributed by atoms with Crippen LogP contribution < -0.4 is 0 Å². The number of carboxylic acids is 1. The Balaban J connectivity index is 1.32. The highest BCUT2D eigenvalue weighted by Gasteiger charge is 2.50. The quantitative estimate of drug-likeness (QED) is 0.400. The minimum Gasteiger partial charge on any atom is -0.512 e. The first-order chi connectivity index (χ1) is 12.8. The summed E-state index contributed by atoms with van der Waals surface area (Å²) in [6.45, 7) is 0. The fourth-order valence-corrected chi connectivity index (χ4v) is 7.43. The molecule has 0 unspecified atom stereocenters. The summed E-state index contributed by atoms with van der Waals surface area (Å²) >= 11 is 0. The summed E-state index contributed by atoms with van der Waals surface area (Å²) in [6.07, 6.45) is 11.5. The molecule has 5 aliphatic rings. The molecule has 5 nitrogen and oxygen atoms in total. The lowest BCUT2D eigenvalue weighted by Crippen LogP contribution is -2.45. The van der Waals surface area contributed by atoms with Crippen LogP contribution in [0.1, 0.15) is 70.6 Å². The summed E-state index contributed by atoms with van der Waals surface area (Å²) < 4.78 is 0. The number of carbonyl (C=O) groups is 1. The van der Waals surface area contributed by atoms with Crippen LogP contribution in [0.5, 0.6) is 0 Å². The van der Waals surface area contributed by atoms with Crippen molar-refractivity contribution in [2.45, 2.75) is 82.8 Å². The summed E-state index contributed by atoms with van der Waals surface area (Å²) in [4.78, 5) is 11.0. The van der Waals surface area contributed by atoms with Crippen molar-refractivity contribution in [2.24, 2.45) is 35.0 Å². The van der Waals surface area contributed by atoms with Crippen LogP contribution in [0.3, 0.4) is 0 Å². The number of hydrogen-bond acceptors (Lipinski definition) is 4. The van der Waals surface area contributed by atoms with Crippen LogP contribution in [0.2, 0.25) is 0 Å². The van der Waals surface area contributed by atoms with Crippen molar-refractivity contribution in [3.05, 3.63) is 11.8 Å². The van der Waals surface area contributed by atoms with Gasteiger partial charge in [0.15, 0.2) is 0 Å². The molecule has 4 bridgehead atoms. The molecule has 0 aromatic rings. The van der Waals surface area contributed by atoms with Gasteiger partial charge in [-0.2, -0.15) is 0 Å². The van der Waals surface area contributed by atoms with Crippen molar-refractivity contribution in [1.82, 2.24) is 0 Å². The second-order valence-electron chi connectivity index (χ2n) is 10.1. The molecule has 4 atom stereocenters. The van der Waals surface area contributed by atoms with E-state index in [1.807, 2.05) is 0 Å². The van der Waals surface area contributed by atoms with Gasteiger partial charge in [-0.3, -0.25) is 4.79 Å². The molecule has 0 saturated heterocycles. The minimum atomic E-state index is -1.01. The Labute approximate surface area is 161 Å². The van der Waals surface area contributed by atoms with Gasteiger partial charge in [-0.1, -0.05) is 0 Å². The predicted octanol–water partition coefficient (Wildman–Crippen LogP) is 3.65. The normalized spacial score (nSPS) is 46.1. The molecule has 0 amide bonds. The molecule has 0 spiro atoms. The van der Waals surface area contributed by atoms with Crippen molar-refractivity contribution in [3.63, 3.8) is 0 Å². The number of rotatable bonds is 7. The molecule has 5 fully saturated rings. The van der Waals surface area contributed by atoms with Gasteiger partial charge in [0.05, 0.1) is 24.4 Å². The predicted molar refractivity (Wildman–Crippen MR) is 101 cm³/mol. The number of carboxylic acid groups (broad SMARTS) is 1. The van der Waals surface area contributed by atoms with Gasteiger partial charge >= 0.3 is 5.97 Å². The van der Waals surface area contributed by atoms with Crippen molar-refractivity contribution in [3.8, 4) is 0 Å². The average molecular weight is 379 g/mol. The van der Waals surface area contributed by atoms with E-state index in [1.165, 1.54) is 44.9 Å². The molecule has 0 heterocycles. The highest BCUT2D eigenvalue weighted by molar-refractivity contribution is 5.67. The maximum Gasteiger partial charge on any atom is 0.303 e. The van der Waals surface area contributed by atoms with Crippen LogP contribution in [0.15, 0.2) is 11.8 Å². The zero-order valence-electron chi connectivity index (χ0n) is 16.1. The third kappa shape index (κ3) is 3.91. The molecule has 0 aromatic carbocycles. The van der Waals surface area contributed by atoms with E-state index in [1.54, 1.807) is 6.08 Å². The van der Waals surface area contributed by atoms with Crippen LogP contribution >= 0.6 is 0 Å². The van der Waals surface area contributed by atoms with Gasteiger partial charge in [0.25, 0.3) is 0 Å².